The van der Waals surface area contributed by atoms with Crippen molar-refractivity contribution in [2.75, 3.05) is 14.1 Å². The number of hydrogen-bond acceptors (Lipinski definition) is 5. The molecular formula is C22H22FN3O3. The molecule has 0 unspecified atom stereocenters. The smallest absolute Gasteiger partial charge is 0.270 e. The number of halogens is 1. The number of rotatable bonds is 8. The van der Waals surface area contributed by atoms with Crippen molar-refractivity contribution in [3.05, 3.63) is 93.7 Å². The van der Waals surface area contributed by atoms with Gasteiger partial charge in [-0.05, 0) is 25.7 Å². The van der Waals surface area contributed by atoms with Crippen LogP contribution in [-0.4, -0.2) is 34.6 Å². The van der Waals surface area contributed by atoms with Crippen LogP contribution in [0.25, 0.3) is 0 Å². The minimum Gasteiger partial charge on any atom is -0.487 e. The third-order valence-corrected chi connectivity index (χ3v) is 4.25. The van der Waals surface area contributed by atoms with Crippen LogP contribution >= 0.6 is 0 Å². The van der Waals surface area contributed by atoms with E-state index in [4.69, 9.17) is 4.74 Å². The quantitative estimate of drug-likeness (QED) is 0.549. The van der Waals surface area contributed by atoms with Gasteiger partial charge in [0.25, 0.3) is 5.56 Å². The standard InChI is InChI=1S/C22H22FN3O3/c1-25(2)13-18-9-8-17(10-20(18)23)21(27)14-26-22(28)11-19(12-24-26)29-15-16-6-4-3-5-7-16/h3-12H,13-15H2,1-2H3. The molecule has 0 fully saturated rings. The zero-order valence-corrected chi connectivity index (χ0v) is 16.3. The minimum absolute atomic E-state index is 0.197. The van der Waals surface area contributed by atoms with Crippen LogP contribution in [-0.2, 0) is 19.7 Å². The first kappa shape index (κ1) is 20.4. The first-order valence-electron chi connectivity index (χ1n) is 9.12. The van der Waals surface area contributed by atoms with E-state index in [0.29, 0.717) is 24.5 Å². The van der Waals surface area contributed by atoms with E-state index in [2.05, 4.69) is 5.10 Å². The molecule has 0 atom stereocenters. The van der Waals surface area contributed by atoms with Gasteiger partial charge in [0.05, 0.1) is 6.20 Å². The van der Waals surface area contributed by atoms with Crippen molar-refractivity contribution < 1.29 is 13.9 Å². The van der Waals surface area contributed by atoms with Gasteiger partial charge in [-0.25, -0.2) is 9.07 Å². The van der Waals surface area contributed by atoms with Crippen molar-refractivity contribution >= 4 is 5.78 Å². The van der Waals surface area contributed by atoms with E-state index in [1.165, 1.54) is 18.3 Å². The maximum atomic E-state index is 14.2. The van der Waals surface area contributed by atoms with Gasteiger partial charge in [0.1, 0.15) is 24.7 Å². The normalized spacial score (nSPS) is 10.9. The SMILES string of the molecule is CN(C)Cc1ccc(C(=O)Cn2ncc(OCc3ccccc3)cc2=O)cc1F. The summed E-state index contributed by atoms with van der Waals surface area (Å²) in [7, 11) is 3.67. The molecule has 0 saturated heterocycles. The summed E-state index contributed by atoms with van der Waals surface area (Å²) in [6.45, 7) is 0.472. The Morgan fingerprint density at radius 2 is 1.90 bits per heavy atom. The third-order valence-electron chi connectivity index (χ3n) is 4.25. The number of Topliss-reactive ketones (excluding diaryl/α,β-unsaturated/α-hetero) is 1. The Balaban J connectivity index is 1.66. The number of benzene rings is 2. The maximum absolute atomic E-state index is 14.2. The van der Waals surface area contributed by atoms with Crippen molar-refractivity contribution in [3.63, 3.8) is 0 Å². The molecule has 150 valence electrons. The average Bonchev–Trinajstić information content (AvgIpc) is 2.70. The Morgan fingerprint density at radius 1 is 1.14 bits per heavy atom. The highest BCUT2D eigenvalue weighted by Crippen LogP contribution is 2.13. The van der Waals surface area contributed by atoms with Crippen LogP contribution in [0.2, 0.25) is 0 Å². The summed E-state index contributed by atoms with van der Waals surface area (Å²) in [6, 6.07) is 15.2. The molecule has 0 aliphatic rings. The Kier molecular flexibility index (Phi) is 6.51. The molecule has 0 bridgehead atoms. The van der Waals surface area contributed by atoms with E-state index < -0.39 is 17.2 Å². The first-order valence-corrected chi connectivity index (χ1v) is 9.12. The number of carbonyl (C=O) groups excluding carboxylic acids is 1. The van der Waals surface area contributed by atoms with Crippen molar-refractivity contribution in [2.24, 2.45) is 0 Å². The highest BCUT2D eigenvalue weighted by atomic mass is 19.1. The van der Waals surface area contributed by atoms with Crippen molar-refractivity contribution in [1.29, 1.82) is 0 Å². The third kappa shape index (κ3) is 5.58. The van der Waals surface area contributed by atoms with Crippen molar-refractivity contribution in [3.8, 4) is 5.75 Å². The van der Waals surface area contributed by atoms with Gasteiger partial charge < -0.3 is 9.64 Å². The van der Waals surface area contributed by atoms with E-state index in [1.807, 2.05) is 49.3 Å². The summed E-state index contributed by atoms with van der Waals surface area (Å²) >= 11 is 0. The summed E-state index contributed by atoms with van der Waals surface area (Å²) < 4.78 is 20.8. The second-order valence-electron chi connectivity index (χ2n) is 6.93. The molecule has 0 aliphatic carbocycles. The molecule has 3 rings (SSSR count). The summed E-state index contributed by atoms with van der Waals surface area (Å²) in [5.41, 5.74) is 1.20. The molecule has 1 aromatic heterocycles. The summed E-state index contributed by atoms with van der Waals surface area (Å²) in [6.07, 6.45) is 1.39. The number of ketones is 1. The van der Waals surface area contributed by atoms with Crippen LogP contribution in [0.3, 0.4) is 0 Å². The van der Waals surface area contributed by atoms with Gasteiger partial charge in [-0.15, -0.1) is 0 Å². The topological polar surface area (TPSA) is 64.4 Å². The van der Waals surface area contributed by atoms with E-state index in [1.54, 1.807) is 12.1 Å². The first-order chi connectivity index (χ1) is 13.9. The molecule has 29 heavy (non-hydrogen) atoms. The molecule has 0 N–H and O–H groups in total. The van der Waals surface area contributed by atoms with Crippen LogP contribution in [0.1, 0.15) is 21.5 Å². The summed E-state index contributed by atoms with van der Waals surface area (Å²) in [5, 5.41) is 3.99. The molecule has 0 radical (unpaired) electrons. The molecule has 0 aliphatic heterocycles. The predicted molar refractivity (Wildman–Crippen MR) is 107 cm³/mol. The fourth-order valence-electron chi connectivity index (χ4n) is 2.77. The van der Waals surface area contributed by atoms with Gasteiger partial charge in [-0.3, -0.25) is 9.59 Å². The molecule has 0 amide bonds. The van der Waals surface area contributed by atoms with E-state index in [-0.39, 0.29) is 12.1 Å². The van der Waals surface area contributed by atoms with Gasteiger partial charge >= 0.3 is 0 Å². The molecular weight excluding hydrogens is 373 g/mol. The van der Waals surface area contributed by atoms with Crippen LogP contribution < -0.4 is 10.3 Å². The molecule has 0 saturated carbocycles. The summed E-state index contributed by atoms with van der Waals surface area (Å²) in [5.74, 6) is -0.524. The lowest BCUT2D eigenvalue weighted by molar-refractivity contribution is 0.0965. The van der Waals surface area contributed by atoms with Crippen molar-refractivity contribution in [2.45, 2.75) is 19.7 Å². The Bertz CT molecular complexity index is 1050. The second kappa shape index (κ2) is 9.25. The number of ether oxygens (including phenoxy) is 1. The average molecular weight is 395 g/mol. The minimum atomic E-state index is -0.464. The fraction of sp³-hybridized carbons (Fsp3) is 0.227. The summed E-state index contributed by atoms with van der Waals surface area (Å²) in [4.78, 5) is 26.5. The van der Waals surface area contributed by atoms with Gasteiger partial charge in [0, 0.05) is 23.7 Å². The van der Waals surface area contributed by atoms with E-state index >= 15 is 0 Å². The van der Waals surface area contributed by atoms with Gasteiger partial charge in [0.15, 0.2) is 5.78 Å². The molecule has 7 heteroatoms. The monoisotopic (exact) mass is 395 g/mol. The van der Waals surface area contributed by atoms with Crippen LogP contribution in [0, 0.1) is 5.82 Å². The number of carbonyl (C=O) groups is 1. The number of hydrogen-bond donors (Lipinski definition) is 0. The molecule has 2 aromatic carbocycles. The van der Waals surface area contributed by atoms with Crippen molar-refractivity contribution in [1.82, 2.24) is 14.7 Å². The maximum Gasteiger partial charge on any atom is 0.270 e. The lowest BCUT2D eigenvalue weighted by Crippen LogP contribution is -2.26. The van der Waals surface area contributed by atoms with Gasteiger partial charge in [0.2, 0.25) is 0 Å². The molecule has 3 aromatic rings. The lowest BCUT2D eigenvalue weighted by Gasteiger charge is -2.11. The van der Waals surface area contributed by atoms with E-state index in [9.17, 15) is 14.0 Å². The van der Waals surface area contributed by atoms with Gasteiger partial charge in [-0.1, -0.05) is 42.5 Å². The molecule has 0 spiro atoms. The largest absolute Gasteiger partial charge is 0.487 e. The zero-order chi connectivity index (χ0) is 20.8. The fourth-order valence-corrected chi connectivity index (χ4v) is 2.77. The van der Waals surface area contributed by atoms with Crippen LogP contribution in [0.5, 0.6) is 5.75 Å². The Labute approximate surface area is 168 Å². The van der Waals surface area contributed by atoms with Crippen LogP contribution in [0.15, 0.2) is 65.6 Å². The highest BCUT2D eigenvalue weighted by Gasteiger charge is 2.13. The number of aromatic nitrogens is 2. The number of nitrogens with zero attached hydrogens (tertiary/aromatic N) is 3. The zero-order valence-electron chi connectivity index (χ0n) is 16.3. The van der Waals surface area contributed by atoms with Gasteiger partial charge in [-0.2, -0.15) is 5.10 Å². The lowest BCUT2D eigenvalue weighted by atomic mass is 10.1. The Morgan fingerprint density at radius 3 is 2.55 bits per heavy atom. The molecule has 6 nitrogen and oxygen atoms in total. The van der Waals surface area contributed by atoms with E-state index in [0.717, 1.165) is 10.2 Å². The predicted octanol–water partition coefficient (Wildman–Crippen LogP) is 2.91. The highest BCUT2D eigenvalue weighted by molar-refractivity contribution is 5.95. The second-order valence-corrected chi connectivity index (χ2v) is 6.93. The Hall–Kier alpha value is -3.32. The van der Waals surface area contributed by atoms with Crippen LogP contribution in [0.4, 0.5) is 4.39 Å². The molecule has 1 heterocycles.